The van der Waals surface area contributed by atoms with E-state index in [1.165, 1.54) is 0 Å². The topological polar surface area (TPSA) is 58.5 Å². The van der Waals surface area contributed by atoms with Crippen LogP contribution < -0.4 is 4.90 Å². The van der Waals surface area contributed by atoms with E-state index in [9.17, 15) is 5.11 Å². The van der Waals surface area contributed by atoms with Crippen LogP contribution in [-0.2, 0) is 4.74 Å². The quantitative estimate of drug-likeness (QED) is 0.908. The number of aliphatic hydroxyl groups is 1. The molecule has 19 heavy (non-hydrogen) atoms. The smallest absolute Gasteiger partial charge is 0.112 e. The Kier molecular flexibility index (Phi) is 4.68. The third-order valence-electron chi connectivity index (χ3n) is 2.78. The van der Waals surface area contributed by atoms with E-state index in [1.807, 2.05) is 24.1 Å². The van der Waals surface area contributed by atoms with E-state index in [1.54, 1.807) is 19.5 Å². The maximum Gasteiger partial charge on any atom is 0.112 e. The number of hydrogen-bond acceptors (Lipinski definition) is 5. The number of anilines is 1. The molecule has 1 unspecified atom stereocenters. The van der Waals surface area contributed by atoms with Crippen LogP contribution in [0.1, 0.15) is 0 Å². The number of likely N-dealkylation sites (N-methyl/N-ethyl adjacent to an activating group) is 1. The van der Waals surface area contributed by atoms with Gasteiger partial charge in [0.1, 0.15) is 5.52 Å². The van der Waals surface area contributed by atoms with Crippen molar-refractivity contribution in [3.05, 3.63) is 29.0 Å². The number of fused-ring (bicyclic) bond motifs is 1. The van der Waals surface area contributed by atoms with Gasteiger partial charge in [0.05, 0.1) is 23.9 Å². The molecular formula is C13H16BrN3O2. The van der Waals surface area contributed by atoms with E-state index < -0.39 is 6.10 Å². The van der Waals surface area contributed by atoms with E-state index in [4.69, 9.17) is 4.74 Å². The summed E-state index contributed by atoms with van der Waals surface area (Å²) in [5.74, 6) is 0. The third kappa shape index (κ3) is 3.40. The number of ether oxygens (including phenoxy) is 1. The van der Waals surface area contributed by atoms with Crippen molar-refractivity contribution in [3.63, 3.8) is 0 Å². The van der Waals surface area contributed by atoms with Gasteiger partial charge in [0.2, 0.25) is 0 Å². The van der Waals surface area contributed by atoms with Crippen LogP contribution in [0.5, 0.6) is 0 Å². The fourth-order valence-corrected chi connectivity index (χ4v) is 2.28. The van der Waals surface area contributed by atoms with Gasteiger partial charge in [0, 0.05) is 37.6 Å². The second kappa shape index (κ2) is 6.27. The first-order valence-corrected chi connectivity index (χ1v) is 6.69. The standard InChI is InChI=1S/C13H16BrN3O2/c1-17(7-10(18)8-19-2)12-3-4-15-11-5-9(14)6-16-13(11)12/h3-6,10,18H,7-8H2,1-2H3. The molecule has 2 aromatic rings. The van der Waals surface area contributed by atoms with Crippen LogP contribution in [0.25, 0.3) is 11.0 Å². The summed E-state index contributed by atoms with van der Waals surface area (Å²) in [5, 5.41) is 9.79. The molecule has 0 fully saturated rings. The molecule has 6 heteroatoms. The first kappa shape index (κ1) is 14.2. The molecule has 0 amide bonds. The third-order valence-corrected chi connectivity index (χ3v) is 3.21. The molecule has 0 bridgehead atoms. The summed E-state index contributed by atoms with van der Waals surface area (Å²) >= 11 is 3.38. The Hall–Kier alpha value is -1.24. The number of pyridine rings is 2. The molecule has 102 valence electrons. The van der Waals surface area contributed by atoms with Crippen molar-refractivity contribution in [3.8, 4) is 0 Å². The number of nitrogens with zero attached hydrogens (tertiary/aromatic N) is 3. The van der Waals surface area contributed by atoms with Crippen LogP contribution in [0.4, 0.5) is 5.69 Å². The van der Waals surface area contributed by atoms with Gasteiger partial charge in [-0.1, -0.05) is 0 Å². The Morgan fingerprint density at radius 2 is 2.26 bits per heavy atom. The zero-order chi connectivity index (χ0) is 13.8. The van der Waals surface area contributed by atoms with Crippen molar-refractivity contribution >= 4 is 32.7 Å². The second-order valence-electron chi connectivity index (χ2n) is 4.34. The summed E-state index contributed by atoms with van der Waals surface area (Å²) in [7, 11) is 3.49. The maximum absolute atomic E-state index is 9.79. The fourth-order valence-electron chi connectivity index (χ4n) is 1.96. The van der Waals surface area contributed by atoms with Crippen molar-refractivity contribution in [1.82, 2.24) is 9.97 Å². The van der Waals surface area contributed by atoms with E-state index in [0.29, 0.717) is 13.2 Å². The molecular weight excluding hydrogens is 310 g/mol. The molecule has 1 N–H and O–H groups in total. The second-order valence-corrected chi connectivity index (χ2v) is 5.26. The van der Waals surface area contributed by atoms with Crippen LogP contribution >= 0.6 is 15.9 Å². The van der Waals surface area contributed by atoms with Gasteiger partial charge in [-0.15, -0.1) is 0 Å². The van der Waals surface area contributed by atoms with E-state index >= 15 is 0 Å². The first-order valence-electron chi connectivity index (χ1n) is 5.90. The number of hydrogen-bond donors (Lipinski definition) is 1. The van der Waals surface area contributed by atoms with Gasteiger partial charge in [-0.05, 0) is 28.1 Å². The summed E-state index contributed by atoms with van der Waals surface area (Å²) in [6.45, 7) is 0.789. The first-order chi connectivity index (χ1) is 9.11. The van der Waals surface area contributed by atoms with Gasteiger partial charge in [0.15, 0.2) is 0 Å². The van der Waals surface area contributed by atoms with Gasteiger partial charge in [-0.3, -0.25) is 9.97 Å². The molecule has 2 aromatic heterocycles. The largest absolute Gasteiger partial charge is 0.389 e. The van der Waals surface area contributed by atoms with Crippen LogP contribution in [0, 0.1) is 0 Å². The molecule has 1 atom stereocenters. The number of methoxy groups -OCH3 is 1. The van der Waals surface area contributed by atoms with Gasteiger partial charge in [-0.2, -0.15) is 0 Å². The Morgan fingerprint density at radius 3 is 3.00 bits per heavy atom. The average Bonchev–Trinajstić information content (AvgIpc) is 2.37. The van der Waals surface area contributed by atoms with E-state index in [-0.39, 0.29) is 0 Å². The molecule has 0 aliphatic rings. The molecule has 2 rings (SSSR count). The minimum Gasteiger partial charge on any atom is -0.389 e. The van der Waals surface area contributed by atoms with Gasteiger partial charge in [-0.25, -0.2) is 0 Å². The molecule has 5 nitrogen and oxygen atoms in total. The lowest BCUT2D eigenvalue weighted by atomic mass is 10.2. The predicted molar refractivity (Wildman–Crippen MR) is 78.4 cm³/mol. The summed E-state index contributed by atoms with van der Waals surface area (Å²) in [5.41, 5.74) is 2.57. The lowest BCUT2D eigenvalue weighted by Gasteiger charge is -2.23. The number of halogens is 1. The fraction of sp³-hybridized carbons (Fsp3) is 0.385. The Labute approximate surface area is 120 Å². The predicted octanol–water partition coefficient (Wildman–Crippen LogP) is 1.84. The molecule has 0 spiro atoms. The van der Waals surface area contributed by atoms with Crippen molar-refractivity contribution < 1.29 is 9.84 Å². The highest BCUT2D eigenvalue weighted by atomic mass is 79.9. The van der Waals surface area contributed by atoms with Gasteiger partial charge < -0.3 is 14.7 Å². The van der Waals surface area contributed by atoms with Crippen LogP contribution in [-0.4, -0.2) is 48.5 Å². The molecule has 0 radical (unpaired) electrons. The molecule has 0 aliphatic carbocycles. The molecule has 0 aromatic carbocycles. The summed E-state index contributed by atoms with van der Waals surface area (Å²) < 4.78 is 5.83. The van der Waals surface area contributed by atoms with Crippen LogP contribution in [0.2, 0.25) is 0 Å². The average molecular weight is 326 g/mol. The highest BCUT2D eigenvalue weighted by molar-refractivity contribution is 9.10. The Morgan fingerprint density at radius 1 is 1.47 bits per heavy atom. The van der Waals surface area contributed by atoms with E-state index in [0.717, 1.165) is 21.2 Å². The zero-order valence-electron chi connectivity index (χ0n) is 10.9. The zero-order valence-corrected chi connectivity index (χ0v) is 12.5. The molecule has 0 aliphatic heterocycles. The van der Waals surface area contributed by atoms with Gasteiger partial charge in [0.25, 0.3) is 0 Å². The summed E-state index contributed by atoms with van der Waals surface area (Å²) in [6, 6.07) is 3.81. The van der Waals surface area contributed by atoms with E-state index in [2.05, 4.69) is 25.9 Å². The number of rotatable bonds is 5. The Bertz CT molecular complexity index is 565. The highest BCUT2D eigenvalue weighted by Crippen LogP contribution is 2.24. The molecule has 0 saturated heterocycles. The van der Waals surface area contributed by atoms with Crippen molar-refractivity contribution in [2.45, 2.75) is 6.10 Å². The number of aromatic nitrogens is 2. The normalized spacial score (nSPS) is 12.6. The maximum atomic E-state index is 9.79. The lowest BCUT2D eigenvalue weighted by molar-refractivity contribution is 0.0695. The lowest BCUT2D eigenvalue weighted by Crippen LogP contribution is -2.32. The Balaban J connectivity index is 2.29. The SMILES string of the molecule is COCC(O)CN(C)c1ccnc2cc(Br)cnc12. The summed E-state index contributed by atoms with van der Waals surface area (Å²) in [6.07, 6.45) is 2.95. The van der Waals surface area contributed by atoms with Crippen molar-refractivity contribution in [2.24, 2.45) is 0 Å². The van der Waals surface area contributed by atoms with Crippen LogP contribution in [0.15, 0.2) is 29.0 Å². The minimum atomic E-state index is -0.534. The van der Waals surface area contributed by atoms with Crippen molar-refractivity contribution in [2.75, 3.05) is 32.2 Å². The minimum absolute atomic E-state index is 0.312. The molecule has 2 heterocycles. The number of aliphatic hydroxyl groups excluding tert-OH is 1. The molecule has 0 saturated carbocycles. The highest BCUT2D eigenvalue weighted by Gasteiger charge is 2.12. The summed E-state index contributed by atoms with van der Waals surface area (Å²) in [4.78, 5) is 10.6. The van der Waals surface area contributed by atoms with Gasteiger partial charge >= 0.3 is 0 Å². The van der Waals surface area contributed by atoms with Crippen molar-refractivity contribution in [1.29, 1.82) is 0 Å². The monoisotopic (exact) mass is 325 g/mol. The van der Waals surface area contributed by atoms with Crippen LogP contribution in [0.3, 0.4) is 0 Å².